The lowest BCUT2D eigenvalue weighted by Gasteiger charge is -2.12. The number of rotatable bonds is 6. The third-order valence-corrected chi connectivity index (χ3v) is 4.72. The number of carbonyl (C=O) groups excluding carboxylic acids is 2. The zero-order valence-electron chi connectivity index (χ0n) is 16.8. The van der Waals surface area contributed by atoms with E-state index in [1.165, 1.54) is 0 Å². The van der Waals surface area contributed by atoms with Crippen LogP contribution in [-0.2, 0) is 4.79 Å². The summed E-state index contributed by atoms with van der Waals surface area (Å²) in [6.45, 7) is -0.242. The molecule has 0 aliphatic rings. The first kappa shape index (κ1) is 20.0. The average Bonchev–Trinajstić information content (AvgIpc) is 3.25. The first-order chi connectivity index (χ1) is 15.1. The Labute approximate surface area is 179 Å². The second kappa shape index (κ2) is 9.04. The Bertz CT molecular complexity index is 1220. The van der Waals surface area contributed by atoms with E-state index in [1.54, 1.807) is 25.3 Å². The number of methoxy groups -OCH3 is 1. The van der Waals surface area contributed by atoms with E-state index >= 15 is 0 Å². The standard InChI is InChI=1S/C24H21N3O4/c1-30-18-12-11-17-13-21(25-20(17)14-18)24(29)27-26-23(28)15-31-22-10-6-5-9-19(22)16-7-3-2-4-8-16/h2-14,25H,15H2,1H3,(H,26,28)(H,27,29). The number of aromatic nitrogens is 1. The number of H-pyrrole nitrogens is 1. The van der Waals surface area contributed by atoms with Gasteiger partial charge in [0.25, 0.3) is 11.8 Å². The Morgan fingerprint density at radius 1 is 0.903 bits per heavy atom. The number of hydrazine groups is 1. The van der Waals surface area contributed by atoms with Crippen molar-refractivity contribution in [3.8, 4) is 22.6 Å². The number of para-hydroxylation sites is 1. The minimum atomic E-state index is -0.478. The summed E-state index contributed by atoms with van der Waals surface area (Å²) in [4.78, 5) is 27.5. The van der Waals surface area contributed by atoms with E-state index in [4.69, 9.17) is 9.47 Å². The second-order valence-electron chi connectivity index (χ2n) is 6.79. The molecule has 4 rings (SSSR count). The van der Waals surface area contributed by atoms with Gasteiger partial charge in [-0.1, -0.05) is 48.5 Å². The van der Waals surface area contributed by atoms with Crippen molar-refractivity contribution in [1.82, 2.24) is 15.8 Å². The van der Waals surface area contributed by atoms with Crippen LogP contribution in [0.5, 0.6) is 11.5 Å². The van der Waals surface area contributed by atoms with Crippen LogP contribution in [0.1, 0.15) is 10.5 Å². The van der Waals surface area contributed by atoms with Crippen LogP contribution in [0.4, 0.5) is 0 Å². The Morgan fingerprint density at radius 2 is 1.68 bits per heavy atom. The summed E-state index contributed by atoms with van der Waals surface area (Å²) in [5.41, 5.74) is 7.71. The largest absolute Gasteiger partial charge is 0.497 e. The second-order valence-corrected chi connectivity index (χ2v) is 6.79. The molecule has 3 N–H and O–H groups in total. The number of hydrogen-bond donors (Lipinski definition) is 3. The predicted molar refractivity (Wildman–Crippen MR) is 118 cm³/mol. The number of benzene rings is 3. The summed E-state index contributed by atoms with van der Waals surface area (Å²) >= 11 is 0. The van der Waals surface area contributed by atoms with E-state index in [9.17, 15) is 9.59 Å². The van der Waals surface area contributed by atoms with Crippen molar-refractivity contribution in [2.24, 2.45) is 0 Å². The summed E-state index contributed by atoms with van der Waals surface area (Å²) in [6, 6.07) is 24.4. The summed E-state index contributed by atoms with van der Waals surface area (Å²) in [5.74, 6) is 0.324. The highest BCUT2D eigenvalue weighted by molar-refractivity contribution is 5.99. The van der Waals surface area contributed by atoms with Gasteiger partial charge in [0.15, 0.2) is 6.61 Å². The number of aromatic amines is 1. The molecule has 1 heterocycles. The van der Waals surface area contributed by atoms with Crippen LogP contribution in [0.15, 0.2) is 78.9 Å². The van der Waals surface area contributed by atoms with Gasteiger partial charge >= 0.3 is 0 Å². The summed E-state index contributed by atoms with van der Waals surface area (Å²) in [7, 11) is 1.58. The monoisotopic (exact) mass is 415 g/mol. The van der Waals surface area contributed by atoms with Gasteiger partial charge in [-0.2, -0.15) is 0 Å². The Hall–Kier alpha value is -4.26. The lowest BCUT2D eigenvalue weighted by Crippen LogP contribution is -2.44. The van der Waals surface area contributed by atoms with Crippen LogP contribution in [0.25, 0.3) is 22.0 Å². The lowest BCUT2D eigenvalue weighted by atomic mass is 10.1. The van der Waals surface area contributed by atoms with Crippen molar-refractivity contribution in [1.29, 1.82) is 0 Å². The van der Waals surface area contributed by atoms with Crippen LogP contribution in [-0.4, -0.2) is 30.5 Å². The van der Waals surface area contributed by atoms with Crippen LogP contribution >= 0.6 is 0 Å². The fourth-order valence-electron chi connectivity index (χ4n) is 3.18. The molecule has 0 saturated heterocycles. The highest BCUT2D eigenvalue weighted by Crippen LogP contribution is 2.29. The quantitative estimate of drug-likeness (QED) is 0.419. The van der Waals surface area contributed by atoms with Gasteiger partial charge in [-0.15, -0.1) is 0 Å². The first-order valence-corrected chi connectivity index (χ1v) is 9.67. The van der Waals surface area contributed by atoms with Gasteiger partial charge in [0.1, 0.15) is 17.2 Å². The van der Waals surface area contributed by atoms with Crippen molar-refractivity contribution in [2.75, 3.05) is 13.7 Å². The third kappa shape index (κ3) is 4.67. The molecule has 0 atom stereocenters. The van der Waals surface area contributed by atoms with Gasteiger partial charge in [0.2, 0.25) is 0 Å². The number of ether oxygens (including phenoxy) is 2. The Kier molecular flexibility index (Phi) is 5.84. The molecular weight excluding hydrogens is 394 g/mol. The van der Waals surface area contributed by atoms with Crippen molar-refractivity contribution >= 4 is 22.7 Å². The molecule has 0 radical (unpaired) electrons. The van der Waals surface area contributed by atoms with Crippen molar-refractivity contribution < 1.29 is 19.1 Å². The molecule has 3 aromatic carbocycles. The van der Waals surface area contributed by atoms with E-state index < -0.39 is 11.8 Å². The maximum Gasteiger partial charge on any atom is 0.286 e. The van der Waals surface area contributed by atoms with E-state index in [0.29, 0.717) is 17.2 Å². The molecule has 156 valence electrons. The van der Waals surface area contributed by atoms with E-state index in [1.807, 2.05) is 60.7 Å². The molecule has 7 nitrogen and oxygen atoms in total. The zero-order chi connectivity index (χ0) is 21.6. The molecule has 7 heteroatoms. The average molecular weight is 415 g/mol. The molecule has 2 amide bonds. The normalized spacial score (nSPS) is 10.5. The fraction of sp³-hybridized carbons (Fsp3) is 0.0833. The topological polar surface area (TPSA) is 92.5 Å². The lowest BCUT2D eigenvalue weighted by molar-refractivity contribution is -0.123. The van der Waals surface area contributed by atoms with Gasteiger partial charge < -0.3 is 14.5 Å². The van der Waals surface area contributed by atoms with Crippen molar-refractivity contribution in [3.63, 3.8) is 0 Å². The van der Waals surface area contributed by atoms with E-state index in [2.05, 4.69) is 15.8 Å². The molecular formula is C24H21N3O4. The number of nitrogens with one attached hydrogen (secondary N) is 3. The Morgan fingerprint density at radius 3 is 2.48 bits per heavy atom. The number of fused-ring (bicyclic) bond motifs is 1. The van der Waals surface area contributed by atoms with E-state index in [-0.39, 0.29) is 6.61 Å². The van der Waals surface area contributed by atoms with Gasteiger partial charge in [-0.3, -0.25) is 20.4 Å². The van der Waals surface area contributed by atoms with Crippen LogP contribution < -0.4 is 20.3 Å². The molecule has 1 aromatic heterocycles. The van der Waals surface area contributed by atoms with Gasteiger partial charge in [0.05, 0.1) is 7.11 Å². The van der Waals surface area contributed by atoms with Gasteiger partial charge in [0, 0.05) is 22.5 Å². The highest BCUT2D eigenvalue weighted by Gasteiger charge is 2.12. The molecule has 0 bridgehead atoms. The molecule has 0 fully saturated rings. The number of carbonyl (C=O) groups is 2. The predicted octanol–water partition coefficient (Wildman–Crippen LogP) is 3.68. The van der Waals surface area contributed by atoms with E-state index in [0.717, 1.165) is 22.0 Å². The smallest absolute Gasteiger partial charge is 0.286 e. The summed E-state index contributed by atoms with van der Waals surface area (Å²) in [5, 5.41) is 0.859. The molecule has 31 heavy (non-hydrogen) atoms. The third-order valence-electron chi connectivity index (χ3n) is 4.72. The van der Waals surface area contributed by atoms with Crippen LogP contribution in [0, 0.1) is 0 Å². The number of hydrogen-bond acceptors (Lipinski definition) is 4. The molecule has 0 aliphatic carbocycles. The zero-order valence-corrected chi connectivity index (χ0v) is 16.8. The highest BCUT2D eigenvalue weighted by atomic mass is 16.5. The fourth-order valence-corrected chi connectivity index (χ4v) is 3.18. The molecule has 0 unspecified atom stereocenters. The van der Waals surface area contributed by atoms with Crippen molar-refractivity contribution in [3.05, 3.63) is 84.6 Å². The summed E-state index contributed by atoms with van der Waals surface area (Å²) < 4.78 is 10.9. The molecule has 0 saturated carbocycles. The maximum absolute atomic E-state index is 12.4. The minimum absolute atomic E-state index is 0.242. The van der Waals surface area contributed by atoms with Gasteiger partial charge in [-0.25, -0.2) is 0 Å². The SMILES string of the molecule is COc1ccc2cc(C(=O)NNC(=O)COc3ccccc3-c3ccccc3)[nH]c2c1. The summed E-state index contributed by atoms with van der Waals surface area (Å²) in [6.07, 6.45) is 0. The minimum Gasteiger partial charge on any atom is -0.497 e. The van der Waals surface area contributed by atoms with Crippen LogP contribution in [0.2, 0.25) is 0 Å². The van der Waals surface area contributed by atoms with Crippen molar-refractivity contribution in [2.45, 2.75) is 0 Å². The molecule has 4 aromatic rings. The molecule has 0 spiro atoms. The van der Waals surface area contributed by atoms with Gasteiger partial charge in [-0.05, 0) is 29.8 Å². The van der Waals surface area contributed by atoms with Crippen LogP contribution in [0.3, 0.4) is 0 Å². The molecule has 0 aliphatic heterocycles. The number of amides is 2. The first-order valence-electron chi connectivity index (χ1n) is 9.67. The Balaban J connectivity index is 1.34. The maximum atomic E-state index is 12.4.